The molecule has 0 heterocycles. The Hall–Kier alpha value is -2.69. The summed E-state index contributed by atoms with van der Waals surface area (Å²) in [5.74, 6) is 0.274. The molecule has 2 rings (SSSR count). The average molecular weight is 287 g/mol. The predicted molar refractivity (Wildman–Crippen MR) is 81.0 cm³/mol. The number of hydrogen-bond acceptors (Lipinski definition) is 4. The zero-order valence-electron chi connectivity index (χ0n) is 12.1. The minimum atomic E-state index is -0.987. The molecule has 21 heavy (non-hydrogen) atoms. The zero-order valence-corrected chi connectivity index (χ0v) is 12.1. The fourth-order valence-corrected chi connectivity index (χ4v) is 2.00. The quantitative estimate of drug-likeness (QED) is 0.881. The Bertz CT molecular complexity index is 667. The molecular weight excluding hydrogens is 270 g/mol. The molecule has 0 aromatic heterocycles. The van der Waals surface area contributed by atoms with E-state index < -0.39 is 5.97 Å². The first kappa shape index (κ1) is 14.7. The zero-order chi connectivity index (χ0) is 15.4. The number of hydrogen-bond donors (Lipinski definition) is 2. The molecule has 0 fully saturated rings. The summed E-state index contributed by atoms with van der Waals surface area (Å²) in [6.45, 7) is 1.90. The molecule has 0 unspecified atom stereocenters. The predicted octanol–water partition coefficient (Wildman–Crippen LogP) is 3.45. The van der Waals surface area contributed by atoms with Crippen LogP contribution in [0.1, 0.15) is 15.9 Å². The van der Waals surface area contributed by atoms with E-state index in [1.807, 2.05) is 6.92 Å². The maximum atomic E-state index is 11.3. The Balaban J connectivity index is 2.46. The number of ether oxygens (including phenoxy) is 2. The van der Waals surface area contributed by atoms with Crippen LogP contribution in [0.3, 0.4) is 0 Å². The number of carbonyl (C=O) groups is 1. The Morgan fingerprint density at radius 1 is 1.05 bits per heavy atom. The Kier molecular flexibility index (Phi) is 4.33. The summed E-state index contributed by atoms with van der Waals surface area (Å²) in [6.07, 6.45) is 0. The van der Waals surface area contributed by atoms with Gasteiger partial charge in [-0.1, -0.05) is 6.07 Å². The van der Waals surface area contributed by atoms with Crippen LogP contribution in [0.25, 0.3) is 0 Å². The van der Waals surface area contributed by atoms with Crippen LogP contribution in [0, 0.1) is 6.92 Å². The number of methoxy groups -OCH3 is 2. The van der Waals surface area contributed by atoms with E-state index in [9.17, 15) is 9.90 Å². The van der Waals surface area contributed by atoms with Crippen molar-refractivity contribution >= 4 is 17.3 Å². The van der Waals surface area contributed by atoms with Gasteiger partial charge in [0.1, 0.15) is 11.5 Å². The highest BCUT2D eigenvalue weighted by molar-refractivity contribution is 5.95. The van der Waals surface area contributed by atoms with Gasteiger partial charge in [-0.25, -0.2) is 4.79 Å². The molecule has 2 aromatic carbocycles. The molecule has 0 aliphatic heterocycles. The lowest BCUT2D eigenvalue weighted by molar-refractivity contribution is 0.0698. The van der Waals surface area contributed by atoms with Crippen LogP contribution in [-0.4, -0.2) is 25.3 Å². The SMILES string of the molecule is COc1ccc(OC)c(Nc2cc(C)ccc2C(=O)O)c1. The molecule has 0 aliphatic rings. The van der Waals surface area contributed by atoms with E-state index >= 15 is 0 Å². The number of carboxylic acids is 1. The summed E-state index contributed by atoms with van der Waals surface area (Å²) in [5.41, 5.74) is 2.31. The van der Waals surface area contributed by atoms with Crippen molar-refractivity contribution in [2.45, 2.75) is 6.92 Å². The van der Waals surface area contributed by atoms with Gasteiger partial charge in [0.2, 0.25) is 0 Å². The van der Waals surface area contributed by atoms with Crippen LogP contribution in [0.15, 0.2) is 36.4 Å². The summed E-state index contributed by atoms with van der Waals surface area (Å²) in [5, 5.41) is 12.4. The van der Waals surface area contributed by atoms with Crippen LogP contribution in [0.4, 0.5) is 11.4 Å². The fourth-order valence-electron chi connectivity index (χ4n) is 2.00. The molecule has 0 saturated heterocycles. The van der Waals surface area contributed by atoms with E-state index in [1.165, 1.54) is 0 Å². The van der Waals surface area contributed by atoms with Gasteiger partial charge < -0.3 is 19.9 Å². The molecule has 0 amide bonds. The van der Waals surface area contributed by atoms with Crippen molar-refractivity contribution in [3.63, 3.8) is 0 Å². The maximum Gasteiger partial charge on any atom is 0.337 e. The molecule has 0 aliphatic carbocycles. The molecule has 0 spiro atoms. The molecule has 110 valence electrons. The number of carboxylic acid groups (broad SMARTS) is 1. The van der Waals surface area contributed by atoms with Crippen LogP contribution >= 0.6 is 0 Å². The minimum absolute atomic E-state index is 0.200. The van der Waals surface area contributed by atoms with Gasteiger partial charge in [0.15, 0.2) is 0 Å². The number of benzene rings is 2. The molecular formula is C16H17NO4. The van der Waals surface area contributed by atoms with E-state index in [1.54, 1.807) is 50.6 Å². The van der Waals surface area contributed by atoms with Gasteiger partial charge in [0, 0.05) is 6.07 Å². The lowest BCUT2D eigenvalue weighted by atomic mass is 10.1. The summed E-state index contributed by atoms with van der Waals surface area (Å²) < 4.78 is 10.5. The van der Waals surface area contributed by atoms with Gasteiger partial charge in [-0.2, -0.15) is 0 Å². The molecule has 2 N–H and O–H groups in total. The third-order valence-corrected chi connectivity index (χ3v) is 3.08. The Morgan fingerprint density at radius 3 is 2.43 bits per heavy atom. The number of nitrogens with one attached hydrogen (secondary N) is 1. The third-order valence-electron chi connectivity index (χ3n) is 3.08. The Labute approximate surface area is 123 Å². The van der Waals surface area contributed by atoms with Crippen molar-refractivity contribution in [2.75, 3.05) is 19.5 Å². The Morgan fingerprint density at radius 2 is 1.81 bits per heavy atom. The highest BCUT2D eigenvalue weighted by Crippen LogP contribution is 2.32. The van der Waals surface area contributed by atoms with Gasteiger partial charge >= 0.3 is 5.97 Å². The molecule has 5 nitrogen and oxygen atoms in total. The molecule has 0 atom stereocenters. The summed E-state index contributed by atoms with van der Waals surface area (Å²) in [4.78, 5) is 11.3. The van der Waals surface area contributed by atoms with Crippen molar-refractivity contribution in [3.05, 3.63) is 47.5 Å². The van der Waals surface area contributed by atoms with Gasteiger partial charge in [-0.05, 0) is 36.8 Å². The fraction of sp³-hybridized carbons (Fsp3) is 0.188. The van der Waals surface area contributed by atoms with Crippen molar-refractivity contribution in [1.82, 2.24) is 0 Å². The van der Waals surface area contributed by atoms with Crippen LogP contribution in [0.2, 0.25) is 0 Å². The van der Waals surface area contributed by atoms with Crippen LogP contribution in [0.5, 0.6) is 11.5 Å². The second-order valence-electron chi connectivity index (χ2n) is 4.55. The second-order valence-corrected chi connectivity index (χ2v) is 4.55. The number of aryl methyl sites for hydroxylation is 1. The summed E-state index contributed by atoms with van der Waals surface area (Å²) in [6, 6.07) is 10.4. The highest BCUT2D eigenvalue weighted by Gasteiger charge is 2.12. The van der Waals surface area contributed by atoms with Gasteiger partial charge in [-0.15, -0.1) is 0 Å². The first-order valence-corrected chi connectivity index (χ1v) is 6.38. The molecule has 0 radical (unpaired) electrons. The van der Waals surface area contributed by atoms with Gasteiger partial charge in [-0.3, -0.25) is 0 Å². The van der Waals surface area contributed by atoms with E-state index in [0.29, 0.717) is 22.9 Å². The number of rotatable bonds is 5. The van der Waals surface area contributed by atoms with Crippen LogP contribution in [-0.2, 0) is 0 Å². The summed E-state index contributed by atoms with van der Waals surface area (Å²) >= 11 is 0. The number of aromatic carboxylic acids is 1. The molecule has 2 aromatic rings. The van der Waals surface area contributed by atoms with Crippen LogP contribution < -0.4 is 14.8 Å². The monoisotopic (exact) mass is 287 g/mol. The summed E-state index contributed by atoms with van der Waals surface area (Å²) in [7, 11) is 3.13. The van der Waals surface area contributed by atoms with E-state index in [0.717, 1.165) is 5.56 Å². The van der Waals surface area contributed by atoms with E-state index in [4.69, 9.17) is 9.47 Å². The van der Waals surface area contributed by atoms with Crippen molar-refractivity contribution in [3.8, 4) is 11.5 Å². The number of anilines is 2. The van der Waals surface area contributed by atoms with Gasteiger partial charge in [0.05, 0.1) is 31.2 Å². The van der Waals surface area contributed by atoms with E-state index in [2.05, 4.69) is 5.32 Å². The standard InChI is InChI=1S/C16H17NO4/c1-10-4-6-12(16(18)19)13(8-10)17-14-9-11(20-2)5-7-15(14)21-3/h4-9,17H,1-3H3,(H,18,19). The van der Waals surface area contributed by atoms with Crippen molar-refractivity contribution < 1.29 is 19.4 Å². The second kappa shape index (κ2) is 6.17. The third kappa shape index (κ3) is 3.25. The lowest BCUT2D eigenvalue weighted by Gasteiger charge is -2.14. The minimum Gasteiger partial charge on any atom is -0.497 e. The first-order valence-electron chi connectivity index (χ1n) is 6.38. The van der Waals surface area contributed by atoms with Crippen molar-refractivity contribution in [1.29, 1.82) is 0 Å². The smallest absolute Gasteiger partial charge is 0.337 e. The molecule has 0 saturated carbocycles. The highest BCUT2D eigenvalue weighted by atomic mass is 16.5. The largest absolute Gasteiger partial charge is 0.497 e. The average Bonchev–Trinajstić information content (AvgIpc) is 2.47. The normalized spacial score (nSPS) is 10.0. The molecule has 5 heteroatoms. The maximum absolute atomic E-state index is 11.3. The molecule has 0 bridgehead atoms. The van der Waals surface area contributed by atoms with Crippen molar-refractivity contribution in [2.24, 2.45) is 0 Å². The first-order chi connectivity index (χ1) is 10.0. The topological polar surface area (TPSA) is 67.8 Å². The van der Waals surface area contributed by atoms with Gasteiger partial charge in [0.25, 0.3) is 0 Å². The lowest BCUT2D eigenvalue weighted by Crippen LogP contribution is -2.04. The van der Waals surface area contributed by atoms with E-state index in [-0.39, 0.29) is 5.56 Å².